The molecule has 0 spiro atoms. The fraction of sp³-hybridized carbons (Fsp3) is 0.346. The number of rotatable bonds is 9. The van der Waals surface area contributed by atoms with Crippen LogP contribution in [0, 0.1) is 6.92 Å². The van der Waals surface area contributed by atoms with Crippen LogP contribution in [0.25, 0.3) is 11.1 Å². The smallest absolute Gasteiger partial charge is 0.255 e. The molecule has 0 aliphatic carbocycles. The zero-order valence-electron chi connectivity index (χ0n) is 19.1. The van der Waals surface area contributed by atoms with Gasteiger partial charge < -0.3 is 15.4 Å². The third-order valence-electron chi connectivity index (χ3n) is 5.31. The van der Waals surface area contributed by atoms with E-state index in [9.17, 15) is 4.79 Å². The lowest BCUT2D eigenvalue weighted by molar-refractivity contribution is 0.102. The van der Waals surface area contributed by atoms with Crippen LogP contribution in [0.2, 0.25) is 0 Å². The second kappa shape index (κ2) is 11.4. The van der Waals surface area contributed by atoms with E-state index < -0.39 is 0 Å². The van der Waals surface area contributed by atoms with Crippen LogP contribution in [0.3, 0.4) is 0 Å². The first-order chi connectivity index (χ1) is 14.5. The van der Waals surface area contributed by atoms with Crippen LogP contribution in [0.5, 0.6) is 5.75 Å². The topological polar surface area (TPSA) is 50.4 Å². The largest absolute Gasteiger partial charge is 0.496 e. The third kappa shape index (κ3) is 5.61. The number of allylic oxidation sites excluding steroid dienone is 3. The molecule has 0 fully saturated rings. The van der Waals surface area contributed by atoms with E-state index in [0.717, 1.165) is 47.5 Å². The van der Waals surface area contributed by atoms with Gasteiger partial charge in [-0.15, -0.1) is 0 Å². The summed E-state index contributed by atoms with van der Waals surface area (Å²) < 4.78 is 5.56. The van der Waals surface area contributed by atoms with Gasteiger partial charge in [-0.3, -0.25) is 4.79 Å². The Labute approximate surface area is 181 Å². The highest BCUT2D eigenvalue weighted by molar-refractivity contribution is 6.05. The van der Waals surface area contributed by atoms with E-state index in [1.807, 2.05) is 51.2 Å². The monoisotopic (exact) mass is 406 g/mol. The summed E-state index contributed by atoms with van der Waals surface area (Å²) in [5.41, 5.74) is 7.06. The van der Waals surface area contributed by atoms with Gasteiger partial charge in [0.2, 0.25) is 0 Å². The number of anilines is 1. The molecule has 0 saturated carbocycles. The minimum Gasteiger partial charge on any atom is -0.496 e. The first-order valence-corrected chi connectivity index (χ1v) is 10.6. The molecular weight excluding hydrogens is 372 g/mol. The SMILES string of the molecule is C/C=C(\CC)c1ccc(NC(=O)c2ccc(/C(=C/CNC)CC)cc2C)cc1OC. The van der Waals surface area contributed by atoms with Gasteiger partial charge >= 0.3 is 0 Å². The molecule has 4 nitrogen and oxygen atoms in total. The van der Waals surface area contributed by atoms with Crippen molar-refractivity contribution >= 4 is 22.7 Å². The fourth-order valence-corrected chi connectivity index (χ4v) is 3.59. The molecule has 0 aliphatic rings. The minimum atomic E-state index is -0.118. The van der Waals surface area contributed by atoms with Gasteiger partial charge in [-0.25, -0.2) is 0 Å². The summed E-state index contributed by atoms with van der Waals surface area (Å²) >= 11 is 0. The fourth-order valence-electron chi connectivity index (χ4n) is 3.59. The van der Waals surface area contributed by atoms with Gasteiger partial charge in [0.15, 0.2) is 0 Å². The summed E-state index contributed by atoms with van der Waals surface area (Å²) in [5, 5.41) is 6.16. The lowest BCUT2D eigenvalue weighted by atomic mass is 9.97. The number of likely N-dealkylation sites (N-methyl/N-ethyl adjacent to an activating group) is 1. The van der Waals surface area contributed by atoms with Gasteiger partial charge in [0.25, 0.3) is 5.91 Å². The Hall–Kier alpha value is -2.85. The number of benzene rings is 2. The molecule has 2 aromatic carbocycles. The molecule has 0 atom stereocenters. The summed E-state index contributed by atoms with van der Waals surface area (Å²) in [6, 6.07) is 11.8. The van der Waals surface area contributed by atoms with Gasteiger partial charge in [-0.1, -0.05) is 38.1 Å². The normalized spacial score (nSPS) is 12.1. The molecule has 1 amide bonds. The molecule has 0 aliphatic heterocycles. The Morgan fingerprint density at radius 2 is 1.73 bits per heavy atom. The van der Waals surface area contributed by atoms with Crippen molar-refractivity contribution in [3.8, 4) is 5.75 Å². The van der Waals surface area contributed by atoms with Crippen molar-refractivity contribution in [2.24, 2.45) is 0 Å². The van der Waals surface area contributed by atoms with Crippen molar-refractivity contribution in [2.45, 2.75) is 40.5 Å². The van der Waals surface area contributed by atoms with Gasteiger partial charge in [0, 0.05) is 29.4 Å². The molecule has 0 heterocycles. The standard InChI is InChI=1S/C26H34N2O2/c1-7-19(8-2)24-13-11-22(17-25(24)30-6)28-26(29)23-12-10-21(16-18(23)4)20(9-3)14-15-27-5/h7,10-14,16-17,27H,8-9,15H2,1-6H3,(H,28,29)/b19-7+,20-14+. The molecule has 2 aromatic rings. The summed E-state index contributed by atoms with van der Waals surface area (Å²) in [4.78, 5) is 12.9. The first kappa shape index (κ1) is 23.4. The Kier molecular flexibility index (Phi) is 8.88. The molecule has 160 valence electrons. The maximum Gasteiger partial charge on any atom is 0.255 e. The zero-order valence-corrected chi connectivity index (χ0v) is 19.1. The predicted octanol–water partition coefficient (Wildman–Crippen LogP) is 6.08. The lowest BCUT2D eigenvalue weighted by Gasteiger charge is -2.14. The number of amides is 1. The second-order valence-electron chi connectivity index (χ2n) is 7.21. The van der Waals surface area contributed by atoms with Crippen LogP contribution in [0.1, 0.15) is 60.7 Å². The number of carbonyl (C=O) groups excluding carboxylic acids is 1. The number of hydrogen-bond acceptors (Lipinski definition) is 3. The molecular formula is C26H34N2O2. The predicted molar refractivity (Wildman–Crippen MR) is 128 cm³/mol. The van der Waals surface area contributed by atoms with Crippen molar-refractivity contribution in [1.82, 2.24) is 5.32 Å². The maximum absolute atomic E-state index is 12.9. The summed E-state index contributed by atoms with van der Waals surface area (Å²) in [6.45, 7) is 9.10. The molecule has 0 saturated heterocycles. The highest BCUT2D eigenvalue weighted by Crippen LogP contribution is 2.31. The Morgan fingerprint density at radius 1 is 1.03 bits per heavy atom. The van der Waals surface area contributed by atoms with Crippen molar-refractivity contribution in [1.29, 1.82) is 0 Å². The summed E-state index contributed by atoms with van der Waals surface area (Å²) in [7, 11) is 3.59. The van der Waals surface area contributed by atoms with E-state index in [2.05, 4.69) is 42.7 Å². The summed E-state index contributed by atoms with van der Waals surface area (Å²) in [5.74, 6) is 0.643. The Bertz CT molecular complexity index is 942. The zero-order chi connectivity index (χ0) is 22.1. The van der Waals surface area contributed by atoms with E-state index in [4.69, 9.17) is 4.74 Å². The van der Waals surface area contributed by atoms with Crippen molar-refractivity contribution in [2.75, 3.05) is 26.0 Å². The van der Waals surface area contributed by atoms with Crippen LogP contribution < -0.4 is 15.4 Å². The highest BCUT2D eigenvalue weighted by Gasteiger charge is 2.13. The number of methoxy groups -OCH3 is 1. The minimum absolute atomic E-state index is 0.118. The number of carbonyl (C=O) groups is 1. The molecule has 4 heteroatoms. The molecule has 30 heavy (non-hydrogen) atoms. The van der Waals surface area contributed by atoms with Gasteiger partial charge in [-0.2, -0.15) is 0 Å². The van der Waals surface area contributed by atoms with E-state index in [1.165, 1.54) is 11.1 Å². The maximum atomic E-state index is 12.9. The first-order valence-electron chi connectivity index (χ1n) is 10.6. The van der Waals surface area contributed by atoms with Crippen molar-refractivity contribution in [3.63, 3.8) is 0 Å². The lowest BCUT2D eigenvalue weighted by Crippen LogP contribution is -2.14. The van der Waals surface area contributed by atoms with E-state index >= 15 is 0 Å². The quantitative estimate of drug-likeness (QED) is 0.530. The van der Waals surface area contributed by atoms with E-state index in [-0.39, 0.29) is 5.91 Å². The molecule has 2 N–H and O–H groups in total. The van der Waals surface area contributed by atoms with Crippen LogP contribution in [-0.4, -0.2) is 26.6 Å². The van der Waals surface area contributed by atoms with Gasteiger partial charge in [0.05, 0.1) is 7.11 Å². The molecule has 0 bridgehead atoms. The average Bonchev–Trinajstić information content (AvgIpc) is 2.75. The second-order valence-corrected chi connectivity index (χ2v) is 7.21. The van der Waals surface area contributed by atoms with E-state index in [1.54, 1.807) is 7.11 Å². The van der Waals surface area contributed by atoms with Crippen LogP contribution in [0.15, 0.2) is 48.6 Å². The van der Waals surface area contributed by atoms with Crippen LogP contribution in [-0.2, 0) is 0 Å². The van der Waals surface area contributed by atoms with Gasteiger partial charge in [-0.05, 0) is 74.2 Å². The molecule has 0 radical (unpaired) electrons. The van der Waals surface area contributed by atoms with Gasteiger partial charge in [0.1, 0.15) is 5.75 Å². The molecule has 0 unspecified atom stereocenters. The number of hydrogen-bond donors (Lipinski definition) is 2. The van der Waals surface area contributed by atoms with Crippen molar-refractivity contribution < 1.29 is 9.53 Å². The summed E-state index contributed by atoms with van der Waals surface area (Å²) in [6.07, 6.45) is 6.16. The third-order valence-corrected chi connectivity index (χ3v) is 5.31. The molecule has 0 aromatic heterocycles. The number of nitrogens with one attached hydrogen (secondary N) is 2. The average molecular weight is 407 g/mol. The van der Waals surface area contributed by atoms with Crippen molar-refractivity contribution in [3.05, 3.63) is 70.8 Å². The van der Waals surface area contributed by atoms with Crippen LogP contribution >= 0.6 is 0 Å². The molecule has 2 rings (SSSR count). The number of aryl methyl sites for hydroxylation is 1. The Balaban J connectivity index is 2.26. The number of ether oxygens (including phenoxy) is 1. The van der Waals surface area contributed by atoms with Crippen LogP contribution in [0.4, 0.5) is 5.69 Å². The Morgan fingerprint density at radius 3 is 2.30 bits per heavy atom. The van der Waals surface area contributed by atoms with E-state index in [0.29, 0.717) is 5.56 Å². The highest BCUT2D eigenvalue weighted by atomic mass is 16.5.